The van der Waals surface area contributed by atoms with Crippen molar-refractivity contribution in [2.45, 2.75) is 18.3 Å². The average Bonchev–Trinajstić information content (AvgIpc) is 1.88. The molecule has 0 fully saturated rings. The minimum absolute atomic E-state index is 0.0718. The molecule has 0 saturated carbocycles. The van der Waals surface area contributed by atoms with Gasteiger partial charge in [-0.05, 0) is 6.42 Å². The van der Waals surface area contributed by atoms with E-state index in [9.17, 15) is 0 Å². The lowest BCUT2D eigenvalue weighted by Crippen LogP contribution is -2.15. The molecule has 0 aromatic rings. The fourth-order valence-corrected chi connectivity index (χ4v) is 0.935. The molecular formula is C7H9ClO2. The van der Waals surface area contributed by atoms with E-state index in [2.05, 4.69) is 0 Å². The van der Waals surface area contributed by atoms with Gasteiger partial charge in [-0.25, -0.2) is 0 Å². The second kappa shape index (κ2) is 3.76. The number of alkyl halides is 1. The van der Waals surface area contributed by atoms with Gasteiger partial charge in [-0.15, -0.1) is 0 Å². The first-order valence-electron chi connectivity index (χ1n) is 3.10. The van der Waals surface area contributed by atoms with Gasteiger partial charge in [0.1, 0.15) is 0 Å². The first-order valence-corrected chi connectivity index (χ1v) is 3.53. The molecule has 0 aromatic carbocycles. The molecule has 2 atom stereocenters. The molecular weight excluding hydrogens is 152 g/mol. The summed E-state index contributed by atoms with van der Waals surface area (Å²) in [6.07, 6.45) is 8.32. The Morgan fingerprint density at radius 1 is 1.60 bits per heavy atom. The molecule has 0 spiro atoms. The van der Waals surface area contributed by atoms with Crippen molar-refractivity contribution in [3.63, 3.8) is 0 Å². The third-order valence-corrected chi connectivity index (χ3v) is 1.33. The Kier molecular flexibility index (Phi) is 2.93. The first-order chi connectivity index (χ1) is 4.79. The smallest absolute Gasteiger partial charge is 0.235 e. The molecule has 1 N–H and O–H groups in total. The zero-order valence-corrected chi connectivity index (χ0v) is 6.16. The highest BCUT2D eigenvalue weighted by molar-refractivity contribution is 6.18. The molecule has 0 bridgehead atoms. The fraction of sp³-hybridized carbons (Fsp3) is 0.429. The van der Waals surface area contributed by atoms with Crippen LogP contribution in [0.15, 0.2) is 24.3 Å². The highest BCUT2D eigenvalue weighted by Crippen LogP contribution is 2.10. The summed E-state index contributed by atoms with van der Waals surface area (Å²) < 4.78 is 4.87. The molecule has 0 aliphatic heterocycles. The van der Waals surface area contributed by atoms with E-state index in [-0.39, 0.29) is 6.10 Å². The molecule has 2 nitrogen and oxygen atoms in total. The van der Waals surface area contributed by atoms with Gasteiger partial charge in [0.05, 0.1) is 6.10 Å². The predicted molar refractivity (Wildman–Crippen MR) is 39.6 cm³/mol. The summed E-state index contributed by atoms with van der Waals surface area (Å²) >= 11 is 5.19. The van der Waals surface area contributed by atoms with E-state index in [1.807, 2.05) is 24.3 Å². The summed E-state index contributed by atoms with van der Waals surface area (Å²) in [5.41, 5.74) is 0. The van der Waals surface area contributed by atoms with Gasteiger partial charge in [-0.1, -0.05) is 35.9 Å². The molecule has 0 heterocycles. The average molecular weight is 161 g/mol. The first kappa shape index (κ1) is 7.79. The highest BCUT2D eigenvalue weighted by atomic mass is 35.5. The maximum Gasteiger partial charge on any atom is 0.235 e. The van der Waals surface area contributed by atoms with Crippen LogP contribution in [0.2, 0.25) is 0 Å². The Morgan fingerprint density at radius 3 is 2.90 bits per heavy atom. The van der Waals surface area contributed by atoms with Crippen molar-refractivity contribution in [2.75, 3.05) is 0 Å². The Hall–Kier alpha value is -0.310. The molecule has 0 amide bonds. The van der Waals surface area contributed by atoms with E-state index in [1.165, 1.54) is 0 Å². The van der Waals surface area contributed by atoms with Crippen LogP contribution in [0.5, 0.6) is 0 Å². The summed E-state index contributed by atoms with van der Waals surface area (Å²) in [4.78, 5) is 0. The summed E-state index contributed by atoms with van der Waals surface area (Å²) in [5, 5.41) is 8.59. The van der Waals surface area contributed by atoms with Gasteiger partial charge in [-0.3, -0.25) is 0 Å². The van der Waals surface area contributed by atoms with E-state index >= 15 is 0 Å². The molecule has 1 aliphatic rings. The van der Waals surface area contributed by atoms with Crippen molar-refractivity contribution in [1.82, 2.24) is 0 Å². The maximum atomic E-state index is 8.59. The van der Waals surface area contributed by atoms with Crippen molar-refractivity contribution < 1.29 is 9.84 Å². The monoisotopic (exact) mass is 160 g/mol. The Labute approximate surface area is 64.8 Å². The van der Waals surface area contributed by atoms with E-state index in [1.54, 1.807) is 0 Å². The minimum Gasteiger partial charge on any atom is -0.356 e. The summed E-state index contributed by atoms with van der Waals surface area (Å²) in [6.45, 7) is 0. The minimum atomic E-state index is -1.19. The zero-order valence-electron chi connectivity index (χ0n) is 5.40. The van der Waals surface area contributed by atoms with Crippen LogP contribution in [-0.2, 0) is 4.74 Å². The van der Waals surface area contributed by atoms with Crippen LogP contribution in [0.4, 0.5) is 0 Å². The van der Waals surface area contributed by atoms with Gasteiger partial charge in [0.25, 0.3) is 0 Å². The molecule has 0 aromatic heterocycles. The lowest BCUT2D eigenvalue weighted by Gasteiger charge is -2.14. The quantitative estimate of drug-likeness (QED) is 0.489. The van der Waals surface area contributed by atoms with Crippen LogP contribution in [0.25, 0.3) is 0 Å². The lowest BCUT2D eigenvalue weighted by atomic mass is 10.1. The van der Waals surface area contributed by atoms with E-state index in [0.717, 1.165) is 6.42 Å². The maximum absolute atomic E-state index is 8.59. The number of aliphatic hydroxyl groups excluding tert-OH is 1. The second-order valence-electron chi connectivity index (χ2n) is 2.02. The van der Waals surface area contributed by atoms with Crippen LogP contribution >= 0.6 is 11.6 Å². The Bertz CT molecular complexity index is 152. The van der Waals surface area contributed by atoms with Crippen LogP contribution in [0.3, 0.4) is 0 Å². The third kappa shape index (κ3) is 2.52. The SMILES string of the molecule is OC(Cl)OC1C=CC=CC1. The van der Waals surface area contributed by atoms with Gasteiger partial charge in [0.2, 0.25) is 5.75 Å². The zero-order chi connectivity index (χ0) is 7.40. The van der Waals surface area contributed by atoms with Gasteiger partial charge >= 0.3 is 0 Å². The largest absolute Gasteiger partial charge is 0.356 e. The van der Waals surface area contributed by atoms with Crippen molar-refractivity contribution >= 4 is 11.6 Å². The lowest BCUT2D eigenvalue weighted by molar-refractivity contribution is -0.0643. The molecule has 2 unspecified atom stereocenters. The number of allylic oxidation sites excluding steroid dienone is 2. The molecule has 56 valence electrons. The number of ether oxygens (including phenoxy) is 1. The van der Waals surface area contributed by atoms with E-state index < -0.39 is 5.75 Å². The fourth-order valence-electron chi connectivity index (χ4n) is 0.803. The van der Waals surface area contributed by atoms with Gasteiger partial charge in [0.15, 0.2) is 0 Å². The van der Waals surface area contributed by atoms with Crippen LogP contribution in [0.1, 0.15) is 6.42 Å². The molecule has 10 heavy (non-hydrogen) atoms. The molecule has 1 aliphatic carbocycles. The van der Waals surface area contributed by atoms with Crippen LogP contribution in [0, 0.1) is 0 Å². The van der Waals surface area contributed by atoms with Gasteiger partial charge in [0, 0.05) is 0 Å². The molecule has 1 rings (SSSR count). The van der Waals surface area contributed by atoms with E-state index in [0.29, 0.717) is 0 Å². The normalized spacial score (nSPS) is 26.8. The third-order valence-electron chi connectivity index (χ3n) is 1.23. The molecule has 0 saturated heterocycles. The summed E-state index contributed by atoms with van der Waals surface area (Å²) in [6, 6.07) is 0. The Morgan fingerprint density at radius 2 is 2.40 bits per heavy atom. The Balaban J connectivity index is 2.30. The van der Waals surface area contributed by atoms with Crippen molar-refractivity contribution in [1.29, 1.82) is 0 Å². The number of hydrogen-bond acceptors (Lipinski definition) is 2. The van der Waals surface area contributed by atoms with Crippen molar-refractivity contribution in [3.05, 3.63) is 24.3 Å². The number of aliphatic hydroxyl groups is 1. The van der Waals surface area contributed by atoms with Crippen molar-refractivity contribution in [2.24, 2.45) is 0 Å². The standard InChI is InChI=1S/C7H9ClO2/c8-7(9)10-6-4-2-1-3-5-6/h1-4,6-7,9H,5H2. The number of halogens is 1. The predicted octanol–water partition coefficient (Wildman–Crippen LogP) is 1.40. The number of rotatable bonds is 2. The van der Waals surface area contributed by atoms with Gasteiger partial charge in [-0.2, -0.15) is 0 Å². The highest BCUT2D eigenvalue weighted by Gasteiger charge is 2.08. The molecule has 3 heteroatoms. The van der Waals surface area contributed by atoms with E-state index in [4.69, 9.17) is 21.4 Å². The summed E-state index contributed by atoms with van der Waals surface area (Å²) in [7, 11) is 0. The molecule has 0 radical (unpaired) electrons. The second-order valence-corrected chi connectivity index (χ2v) is 2.39. The topological polar surface area (TPSA) is 29.5 Å². The van der Waals surface area contributed by atoms with Crippen LogP contribution < -0.4 is 0 Å². The van der Waals surface area contributed by atoms with Crippen LogP contribution in [-0.4, -0.2) is 17.0 Å². The van der Waals surface area contributed by atoms with Gasteiger partial charge < -0.3 is 9.84 Å². The number of hydrogen-bond donors (Lipinski definition) is 1. The summed E-state index contributed by atoms with van der Waals surface area (Å²) in [5.74, 6) is -1.19. The van der Waals surface area contributed by atoms with Crippen molar-refractivity contribution in [3.8, 4) is 0 Å².